The highest BCUT2D eigenvalue weighted by Crippen LogP contribution is 2.68. The van der Waals surface area contributed by atoms with Gasteiger partial charge in [-0.2, -0.15) is 0 Å². The summed E-state index contributed by atoms with van der Waals surface area (Å²) in [5.41, 5.74) is 4.70. The van der Waals surface area contributed by atoms with Crippen molar-refractivity contribution in [3.8, 4) is 28.4 Å². The molecule has 2 bridgehead atoms. The van der Waals surface area contributed by atoms with Crippen LogP contribution in [-0.4, -0.2) is 51.9 Å². The first-order valence-corrected chi connectivity index (χ1v) is 13.1. The van der Waals surface area contributed by atoms with Gasteiger partial charge in [0.1, 0.15) is 5.75 Å². The molecule has 1 saturated heterocycles. The highest BCUT2D eigenvalue weighted by atomic mass is 16.5. The Hall–Kier alpha value is -3.09. The monoisotopic (exact) mass is 482 g/mol. The predicted molar refractivity (Wildman–Crippen MR) is 134 cm³/mol. The lowest BCUT2D eigenvalue weighted by Gasteiger charge is -2.63. The molecule has 6 heteroatoms. The topological polar surface area (TPSA) is 75.0 Å². The van der Waals surface area contributed by atoms with Crippen LogP contribution in [0.1, 0.15) is 47.8 Å². The largest absolute Gasteiger partial charge is 0.504 e. The summed E-state index contributed by atoms with van der Waals surface area (Å²) >= 11 is 0. The van der Waals surface area contributed by atoms with E-state index in [4.69, 9.17) is 14.5 Å². The van der Waals surface area contributed by atoms with Crippen LogP contribution < -0.4 is 9.47 Å². The number of piperidine rings is 1. The number of nitrogens with zero attached hydrogens (tertiary/aromatic N) is 2. The van der Waals surface area contributed by atoms with E-state index < -0.39 is 17.1 Å². The lowest BCUT2D eigenvalue weighted by Crippen LogP contribution is -2.74. The predicted octanol–water partition coefficient (Wildman–Crippen LogP) is 4.16. The Labute approximate surface area is 210 Å². The Morgan fingerprint density at radius 2 is 1.94 bits per heavy atom. The van der Waals surface area contributed by atoms with E-state index in [2.05, 4.69) is 11.0 Å². The van der Waals surface area contributed by atoms with Crippen LogP contribution in [0.4, 0.5) is 0 Å². The molecule has 4 atom stereocenters. The van der Waals surface area contributed by atoms with Gasteiger partial charge < -0.3 is 19.7 Å². The number of methoxy groups -OCH3 is 1. The molecule has 3 aromatic rings. The molecule has 2 fully saturated rings. The smallest absolute Gasteiger partial charge is 0.166 e. The van der Waals surface area contributed by atoms with E-state index in [9.17, 15) is 10.2 Å². The summed E-state index contributed by atoms with van der Waals surface area (Å²) in [5.74, 6) is 2.29. The molecule has 5 aliphatic rings. The Kier molecular flexibility index (Phi) is 4.10. The van der Waals surface area contributed by atoms with Gasteiger partial charge >= 0.3 is 0 Å². The third-order valence-electron chi connectivity index (χ3n) is 9.65. The van der Waals surface area contributed by atoms with Gasteiger partial charge in [0.05, 0.1) is 23.8 Å². The van der Waals surface area contributed by atoms with E-state index in [0.717, 1.165) is 65.5 Å². The van der Waals surface area contributed by atoms with Gasteiger partial charge in [0.2, 0.25) is 0 Å². The van der Waals surface area contributed by atoms with Crippen molar-refractivity contribution in [3.05, 3.63) is 71.0 Å². The molecule has 3 aliphatic carbocycles. The molecule has 0 amide bonds. The van der Waals surface area contributed by atoms with Gasteiger partial charge in [0, 0.05) is 36.3 Å². The Morgan fingerprint density at radius 1 is 1.11 bits per heavy atom. The molecule has 8 rings (SSSR count). The molecular weight excluding hydrogens is 452 g/mol. The number of phenols is 1. The number of likely N-dealkylation sites (tertiary alicyclic amines) is 1. The molecule has 0 radical (unpaired) electrons. The van der Waals surface area contributed by atoms with Gasteiger partial charge in [0.25, 0.3) is 0 Å². The standard InChI is InChI=1S/C30H30N2O4/c1-35-22-7-4-18(5-8-22)21-12-20-14-30(34)24-13-19-6-9-23(33)27-25(19)29(30,28(36-27)26(20)31-15-21)10-11-32(24)16-17-2-3-17/h4-9,12,15,17,24,28,33-34H,2-3,10-11,13-14,16H2,1H3/t24-,28+,29+,30-/m1/s1. The zero-order chi connectivity index (χ0) is 24.2. The number of pyridine rings is 1. The summed E-state index contributed by atoms with van der Waals surface area (Å²) in [6, 6.07) is 14.0. The normalized spacial score (nSPS) is 31.4. The molecule has 2 N–H and O–H groups in total. The third-order valence-corrected chi connectivity index (χ3v) is 9.65. The SMILES string of the molecule is COc1ccc(-c2cnc3c(c2)C[C@@]2(O)[C@H]4Cc5ccc(O)c6c5[C@@]2(CCN4CC2CC2)[C@H]3O6)cc1. The minimum absolute atomic E-state index is 0.0266. The molecule has 2 aromatic carbocycles. The lowest BCUT2D eigenvalue weighted by atomic mass is 9.49. The zero-order valence-electron chi connectivity index (χ0n) is 20.4. The van der Waals surface area contributed by atoms with E-state index in [1.54, 1.807) is 13.2 Å². The number of aromatic hydroxyl groups is 1. The van der Waals surface area contributed by atoms with Crippen LogP contribution in [0.5, 0.6) is 17.2 Å². The maximum Gasteiger partial charge on any atom is 0.166 e. The minimum atomic E-state index is -0.982. The molecule has 1 saturated carbocycles. The molecule has 184 valence electrons. The van der Waals surface area contributed by atoms with E-state index in [1.165, 1.54) is 18.4 Å². The first-order chi connectivity index (χ1) is 17.5. The number of hydrogen-bond acceptors (Lipinski definition) is 6. The van der Waals surface area contributed by atoms with Gasteiger partial charge in [-0.3, -0.25) is 9.88 Å². The van der Waals surface area contributed by atoms with Crippen molar-refractivity contribution < 1.29 is 19.7 Å². The Morgan fingerprint density at radius 3 is 2.72 bits per heavy atom. The van der Waals surface area contributed by atoms with Gasteiger partial charge in [-0.15, -0.1) is 0 Å². The third kappa shape index (κ3) is 2.56. The second kappa shape index (κ2) is 7.02. The highest BCUT2D eigenvalue weighted by molar-refractivity contribution is 5.68. The molecule has 0 unspecified atom stereocenters. The van der Waals surface area contributed by atoms with Crippen LogP contribution in [0.25, 0.3) is 11.1 Å². The first-order valence-electron chi connectivity index (χ1n) is 13.1. The average Bonchev–Trinajstić information content (AvgIpc) is 3.63. The van der Waals surface area contributed by atoms with Crippen LogP contribution in [0.2, 0.25) is 0 Å². The number of rotatable bonds is 4. The number of phenolic OH excluding ortho intramolecular Hbond substituents is 1. The molecule has 3 heterocycles. The van der Waals surface area contributed by atoms with Crippen molar-refractivity contribution in [1.82, 2.24) is 9.88 Å². The second-order valence-corrected chi connectivity index (χ2v) is 11.4. The summed E-state index contributed by atoms with van der Waals surface area (Å²) in [6.45, 7) is 2.00. The van der Waals surface area contributed by atoms with E-state index in [0.29, 0.717) is 12.2 Å². The number of ether oxygens (including phenoxy) is 2. The van der Waals surface area contributed by atoms with Gasteiger partial charge in [-0.1, -0.05) is 18.2 Å². The summed E-state index contributed by atoms with van der Waals surface area (Å²) in [6.07, 6.45) is 6.24. The van der Waals surface area contributed by atoms with Crippen molar-refractivity contribution >= 4 is 0 Å². The van der Waals surface area contributed by atoms with E-state index >= 15 is 0 Å². The van der Waals surface area contributed by atoms with Gasteiger partial charge in [-0.05, 0) is 79.1 Å². The molecule has 1 aromatic heterocycles. The van der Waals surface area contributed by atoms with E-state index in [-0.39, 0.29) is 11.8 Å². The van der Waals surface area contributed by atoms with Gasteiger partial charge in [0.15, 0.2) is 17.6 Å². The zero-order valence-corrected chi connectivity index (χ0v) is 20.4. The van der Waals surface area contributed by atoms with Crippen molar-refractivity contribution in [2.45, 2.75) is 55.3 Å². The average molecular weight is 483 g/mol. The van der Waals surface area contributed by atoms with Crippen LogP contribution in [0.3, 0.4) is 0 Å². The first kappa shape index (κ1) is 21.0. The summed E-state index contributed by atoms with van der Waals surface area (Å²) in [7, 11) is 1.67. The fraction of sp³-hybridized carbons (Fsp3) is 0.433. The van der Waals surface area contributed by atoms with Crippen LogP contribution in [-0.2, 0) is 18.3 Å². The van der Waals surface area contributed by atoms with Crippen LogP contribution >= 0.6 is 0 Å². The summed E-state index contributed by atoms with van der Waals surface area (Å²) < 4.78 is 11.9. The van der Waals surface area contributed by atoms with Gasteiger partial charge in [-0.25, -0.2) is 0 Å². The summed E-state index contributed by atoms with van der Waals surface area (Å²) in [4.78, 5) is 7.52. The van der Waals surface area contributed by atoms with Crippen molar-refractivity contribution in [2.75, 3.05) is 20.2 Å². The fourth-order valence-corrected chi connectivity index (χ4v) is 7.78. The maximum atomic E-state index is 12.8. The molecule has 36 heavy (non-hydrogen) atoms. The van der Waals surface area contributed by atoms with Crippen LogP contribution in [0, 0.1) is 5.92 Å². The fourth-order valence-electron chi connectivity index (χ4n) is 7.78. The van der Waals surface area contributed by atoms with Crippen molar-refractivity contribution in [1.29, 1.82) is 0 Å². The van der Waals surface area contributed by atoms with Crippen molar-refractivity contribution in [2.24, 2.45) is 5.92 Å². The Balaban J connectivity index is 1.30. The lowest BCUT2D eigenvalue weighted by molar-refractivity contribution is -0.173. The summed E-state index contributed by atoms with van der Waals surface area (Å²) in [5, 5.41) is 23.6. The maximum absolute atomic E-state index is 12.8. The Bertz CT molecular complexity index is 1400. The number of hydrogen-bond donors (Lipinski definition) is 2. The number of benzene rings is 2. The van der Waals surface area contributed by atoms with Crippen LogP contribution in [0.15, 0.2) is 48.7 Å². The van der Waals surface area contributed by atoms with E-state index in [1.807, 2.05) is 36.5 Å². The quantitative estimate of drug-likeness (QED) is 0.582. The molecular formula is C30H30N2O4. The van der Waals surface area contributed by atoms with Crippen molar-refractivity contribution in [3.63, 3.8) is 0 Å². The minimum Gasteiger partial charge on any atom is -0.504 e. The number of aromatic nitrogens is 1. The number of fused-ring (bicyclic) bond motifs is 2. The highest BCUT2D eigenvalue weighted by Gasteiger charge is 2.72. The number of aliphatic hydroxyl groups is 1. The molecule has 6 nitrogen and oxygen atoms in total. The molecule has 1 spiro atoms. The second-order valence-electron chi connectivity index (χ2n) is 11.4. The molecule has 2 aliphatic heterocycles.